The number of carbonyl (C=O) groups is 4. The number of imide groups is 1. The van der Waals surface area contributed by atoms with Crippen LogP contribution in [0.2, 0.25) is 0 Å². The van der Waals surface area contributed by atoms with Crippen LogP contribution in [0.1, 0.15) is 48.8 Å². The number of nitrogens with zero attached hydrogens (tertiary/aromatic N) is 2. The van der Waals surface area contributed by atoms with Gasteiger partial charge in [-0.05, 0) is 74.1 Å². The summed E-state index contributed by atoms with van der Waals surface area (Å²) < 4.78 is 53.8. The number of thioether (sulfide) groups is 1. The third-order valence-electron chi connectivity index (χ3n) is 7.55. The van der Waals surface area contributed by atoms with E-state index in [0.717, 1.165) is 29.5 Å². The van der Waals surface area contributed by atoms with Gasteiger partial charge in [0, 0.05) is 35.5 Å². The number of nitrogens with one attached hydrogen (secondary N) is 2. The van der Waals surface area contributed by atoms with E-state index in [-0.39, 0.29) is 16.7 Å². The number of alkyl halides is 3. The molecule has 4 rings (SSSR count). The van der Waals surface area contributed by atoms with Gasteiger partial charge in [0.1, 0.15) is 12.4 Å². The Kier molecular flexibility index (Phi) is 9.34. The maximum absolute atomic E-state index is 13.5. The molecule has 3 N–H and O–H groups in total. The second kappa shape index (κ2) is 12.6. The first-order valence-electron chi connectivity index (χ1n) is 13.3. The molecule has 42 heavy (non-hydrogen) atoms. The number of anilines is 1. The van der Waals surface area contributed by atoms with Crippen LogP contribution in [0.3, 0.4) is 0 Å². The first kappa shape index (κ1) is 31.1. The summed E-state index contributed by atoms with van der Waals surface area (Å²) in [5.41, 5.74) is 0.807. The average molecular weight is 611 g/mol. The Labute approximate surface area is 243 Å². The normalized spacial score (nSPS) is 19.8. The number of likely N-dealkylation sites (tertiary alicyclic amines) is 1. The summed E-state index contributed by atoms with van der Waals surface area (Å²) >= 11 is 0.846. The van der Waals surface area contributed by atoms with Crippen molar-refractivity contribution in [2.75, 3.05) is 24.7 Å². The highest BCUT2D eigenvalue weighted by Crippen LogP contribution is 2.39. The number of hydrogen-bond acceptors (Lipinski definition) is 5. The van der Waals surface area contributed by atoms with E-state index >= 15 is 0 Å². The Bertz CT molecular complexity index is 1390. The molecule has 9 nitrogen and oxygen atoms in total. The van der Waals surface area contributed by atoms with Crippen LogP contribution in [-0.2, 0) is 22.2 Å². The Morgan fingerprint density at radius 3 is 2.50 bits per heavy atom. The predicted molar refractivity (Wildman–Crippen MR) is 147 cm³/mol. The average Bonchev–Trinajstić information content (AvgIpc) is 3.52. The van der Waals surface area contributed by atoms with Crippen LogP contribution in [-0.4, -0.2) is 70.3 Å². The summed E-state index contributed by atoms with van der Waals surface area (Å²) in [5, 5.41) is 14.9. The Morgan fingerprint density at radius 1 is 1.10 bits per heavy atom. The molecule has 0 bridgehead atoms. The van der Waals surface area contributed by atoms with E-state index in [2.05, 4.69) is 10.6 Å². The number of halogens is 4. The molecule has 2 aliphatic rings. The number of carbonyl (C=O) groups excluding carboxylic acids is 3. The van der Waals surface area contributed by atoms with Crippen molar-refractivity contribution in [1.82, 2.24) is 15.1 Å². The number of benzene rings is 2. The smallest absolute Gasteiger partial charge is 0.417 e. The van der Waals surface area contributed by atoms with Crippen molar-refractivity contribution >= 4 is 41.4 Å². The highest BCUT2D eigenvalue weighted by atomic mass is 32.2. The molecule has 5 amide bonds. The van der Waals surface area contributed by atoms with Crippen molar-refractivity contribution in [2.24, 2.45) is 0 Å². The fraction of sp³-hybridized carbons (Fsp3) is 0.429. The number of hydrogen-bond donors (Lipinski definition) is 3. The molecule has 2 aromatic rings. The summed E-state index contributed by atoms with van der Waals surface area (Å²) in [5.74, 6) is -3.10. The Balaban J connectivity index is 1.46. The molecule has 1 fully saturated rings. The molecule has 0 saturated carbocycles. The number of fused-ring (bicyclic) bond motifs is 1. The van der Waals surface area contributed by atoms with Crippen molar-refractivity contribution in [3.63, 3.8) is 0 Å². The minimum atomic E-state index is -4.76. The standard InChI is InChI=1S/C28H30F4N4O5S/c1-15-3-7-19(14-42-23-10-5-17(29)12-22(23)28(30,31)32)36(15)24(37)13-35(27(40)41)25(38)21-8-4-16-11-18(6-9-20(16)21)34-26(39)33-2/h5-6,9-12,15,19,21H,3-4,7-8,13-14H2,1-2H3,(H,40,41)(H2,33,34,39)/t15?,19?,21-/m0/s1. The van der Waals surface area contributed by atoms with Crippen LogP contribution in [0.15, 0.2) is 41.3 Å². The maximum atomic E-state index is 13.5. The molecule has 226 valence electrons. The zero-order valence-corrected chi connectivity index (χ0v) is 23.7. The zero-order valence-electron chi connectivity index (χ0n) is 22.8. The van der Waals surface area contributed by atoms with E-state index < -0.39 is 60.0 Å². The van der Waals surface area contributed by atoms with E-state index in [1.807, 2.05) is 0 Å². The minimum Gasteiger partial charge on any atom is -0.465 e. The van der Waals surface area contributed by atoms with Crippen LogP contribution < -0.4 is 10.6 Å². The monoisotopic (exact) mass is 610 g/mol. The highest BCUT2D eigenvalue weighted by Gasteiger charge is 2.40. The van der Waals surface area contributed by atoms with E-state index in [1.54, 1.807) is 25.1 Å². The molecule has 0 aromatic heterocycles. The van der Waals surface area contributed by atoms with E-state index in [0.29, 0.717) is 47.9 Å². The molecule has 14 heteroatoms. The number of carboxylic acid groups (broad SMARTS) is 1. The van der Waals surface area contributed by atoms with Crippen LogP contribution in [0.4, 0.5) is 32.8 Å². The molecular weight excluding hydrogens is 580 g/mol. The number of urea groups is 1. The van der Waals surface area contributed by atoms with Gasteiger partial charge in [-0.3, -0.25) is 9.59 Å². The van der Waals surface area contributed by atoms with Crippen LogP contribution in [0.5, 0.6) is 0 Å². The van der Waals surface area contributed by atoms with Crippen LogP contribution in [0, 0.1) is 5.82 Å². The number of rotatable bonds is 7. The fourth-order valence-electron chi connectivity index (χ4n) is 5.51. The molecule has 3 atom stereocenters. The Hall–Kier alpha value is -3.81. The van der Waals surface area contributed by atoms with Crippen molar-refractivity contribution in [1.29, 1.82) is 0 Å². The minimum absolute atomic E-state index is 0.0776. The third-order valence-corrected chi connectivity index (χ3v) is 8.76. The summed E-state index contributed by atoms with van der Waals surface area (Å²) in [7, 11) is 1.47. The Morgan fingerprint density at radius 2 is 1.83 bits per heavy atom. The van der Waals surface area contributed by atoms with Crippen molar-refractivity contribution in [3.05, 3.63) is 58.9 Å². The third kappa shape index (κ3) is 6.80. The van der Waals surface area contributed by atoms with Crippen molar-refractivity contribution in [3.8, 4) is 0 Å². The molecule has 0 radical (unpaired) electrons. The van der Waals surface area contributed by atoms with Gasteiger partial charge in [-0.1, -0.05) is 6.07 Å². The van der Waals surface area contributed by atoms with E-state index in [9.17, 15) is 41.8 Å². The molecule has 0 spiro atoms. The fourth-order valence-corrected chi connectivity index (χ4v) is 6.70. The first-order valence-corrected chi connectivity index (χ1v) is 14.2. The number of amides is 5. The van der Waals surface area contributed by atoms with Gasteiger partial charge < -0.3 is 20.6 Å². The predicted octanol–water partition coefficient (Wildman–Crippen LogP) is 5.30. The highest BCUT2D eigenvalue weighted by molar-refractivity contribution is 7.99. The maximum Gasteiger partial charge on any atom is 0.417 e. The van der Waals surface area contributed by atoms with Gasteiger partial charge in [0.2, 0.25) is 11.8 Å². The van der Waals surface area contributed by atoms with Gasteiger partial charge in [0.15, 0.2) is 0 Å². The van der Waals surface area contributed by atoms with Crippen LogP contribution in [0.25, 0.3) is 0 Å². The van der Waals surface area contributed by atoms with Crippen molar-refractivity contribution < 1.29 is 41.8 Å². The van der Waals surface area contributed by atoms with Crippen molar-refractivity contribution in [2.45, 2.75) is 61.7 Å². The summed E-state index contributed by atoms with van der Waals surface area (Å²) in [6, 6.07) is 6.16. The molecule has 1 aliphatic carbocycles. The van der Waals surface area contributed by atoms with Gasteiger partial charge in [0.05, 0.1) is 11.5 Å². The lowest BCUT2D eigenvalue weighted by atomic mass is 9.99. The van der Waals surface area contributed by atoms with Gasteiger partial charge in [-0.2, -0.15) is 13.2 Å². The summed E-state index contributed by atoms with van der Waals surface area (Å²) in [6.45, 7) is 1.03. The molecular formula is C28H30F4N4O5S. The molecule has 1 aliphatic heterocycles. The lowest BCUT2D eigenvalue weighted by Gasteiger charge is -2.31. The first-order chi connectivity index (χ1) is 19.8. The van der Waals surface area contributed by atoms with Gasteiger partial charge >= 0.3 is 18.3 Å². The lowest BCUT2D eigenvalue weighted by molar-refractivity contribution is -0.141. The second-order valence-electron chi connectivity index (χ2n) is 10.2. The zero-order chi connectivity index (χ0) is 30.8. The molecule has 1 saturated heterocycles. The SMILES string of the molecule is CNC(=O)Nc1ccc2c(c1)CC[C@@H]2C(=O)N(CC(=O)N1C(C)CCC1CSc1ccc(F)cc1C(F)(F)F)C(=O)O. The summed E-state index contributed by atoms with van der Waals surface area (Å²) in [4.78, 5) is 52.3. The lowest BCUT2D eigenvalue weighted by Crippen LogP contribution is -2.50. The molecule has 2 aromatic carbocycles. The van der Waals surface area contributed by atoms with Gasteiger partial charge in [-0.25, -0.2) is 18.9 Å². The second-order valence-corrected chi connectivity index (χ2v) is 11.3. The topological polar surface area (TPSA) is 119 Å². The molecule has 2 unspecified atom stereocenters. The van der Waals surface area contributed by atoms with Gasteiger partial charge in [0.25, 0.3) is 0 Å². The summed E-state index contributed by atoms with van der Waals surface area (Å²) in [6.07, 6.45) is -4.51. The van der Waals surface area contributed by atoms with E-state index in [1.165, 1.54) is 11.9 Å². The quantitative estimate of drug-likeness (QED) is 0.289. The number of aryl methyl sites for hydroxylation is 1. The van der Waals surface area contributed by atoms with Gasteiger partial charge in [-0.15, -0.1) is 11.8 Å². The van der Waals surface area contributed by atoms with E-state index in [4.69, 9.17) is 0 Å². The van der Waals surface area contributed by atoms with Crippen LogP contribution >= 0.6 is 11.8 Å². The molecule has 1 heterocycles. The largest absolute Gasteiger partial charge is 0.465 e.